The Morgan fingerprint density at radius 3 is 2.24 bits per heavy atom. The molecule has 0 aliphatic carbocycles. The molecule has 1 aliphatic rings. The maximum atomic E-state index is 12.7. The Kier molecular flexibility index (Phi) is 18.1. The summed E-state index contributed by atoms with van der Waals surface area (Å²) >= 11 is 8.17. The van der Waals surface area contributed by atoms with Crippen LogP contribution in [0.15, 0.2) is 53.6 Å². The van der Waals surface area contributed by atoms with E-state index in [1.165, 1.54) is 75.5 Å². The summed E-state index contributed by atoms with van der Waals surface area (Å²) in [6.07, 6.45) is 17.9. The van der Waals surface area contributed by atoms with Gasteiger partial charge in [0.1, 0.15) is 11.5 Å². The molecular formula is C33H48BrClN2O3S. The molecular weight excluding hydrogens is 620 g/mol. The fourth-order valence-electron chi connectivity index (χ4n) is 4.75. The smallest absolute Gasteiger partial charge is 0.262 e. The first-order valence-corrected chi connectivity index (χ1v) is 16.4. The second-order valence-corrected chi connectivity index (χ2v) is 12.2. The molecule has 0 saturated heterocycles. The van der Waals surface area contributed by atoms with Gasteiger partial charge in [-0.3, -0.25) is 4.79 Å². The summed E-state index contributed by atoms with van der Waals surface area (Å²) < 4.78 is 11.7. The van der Waals surface area contributed by atoms with E-state index in [2.05, 4.69) is 30.3 Å². The molecule has 228 valence electrons. The maximum Gasteiger partial charge on any atom is 0.262 e. The van der Waals surface area contributed by atoms with Gasteiger partial charge in [0.2, 0.25) is 0 Å². The normalized spacial score (nSPS) is 12.6. The largest absolute Gasteiger partial charge is 0.492 e. The molecule has 0 aromatic heterocycles. The standard InChI is InChI=1S/C33H47ClN2O3S.BrH/c1-3-4-5-6-7-8-9-10-11-12-13-16-21-38-32-22-29(19-20-30(32)34)39-25-33(37)35-31-18-15-14-17-28(31)24-36-23-27(2)40-26-36;/h14-15,17-20,22-23H,3-13,16,21,24-26H2,1-2H3,(H,35,37);1H. The highest BCUT2D eigenvalue weighted by Gasteiger charge is 2.14. The number of nitrogens with one attached hydrogen (secondary N) is 1. The number of allylic oxidation sites excluding steroid dienone is 1. The molecule has 1 amide bonds. The van der Waals surface area contributed by atoms with Crippen LogP contribution in [0.2, 0.25) is 5.02 Å². The van der Waals surface area contributed by atoms with Gasteiger partial charge in [-0.15, -0.1) is 28.7 Å². The molecule has 41 heavy (non-hydrogen) atoms. The van der Waals surface area contributed by atoms with E-state index < -0.39 is 0 Å². The van der Waals surface area contributed by atoms with Crippen molar-refractivity contribution in [2.45, 2.75) is 97.4 Å². The average Bonchev–Trinajstić information content (AvgIpc) is 3.36. The topological polar surface area (TPSA) is 50.8 Å². The fourth-order valence-corrected chi connectivity index (χ4v) is 5.68. The fraction of sp³-hybridized carbons (Fsp3) is 0.545. The third-order valence-electron chi connectivity index (χ3n) is 7.02. The van der Waals surface area contributed by atoms with Gasteiger partial charge in [-0.2, -0.15) is 0 Å². The van der Waals surface area contributed by atoms with Crippen LogP contribution in [0.5, 0.6) is 11.5 Å². The van der Waals surface area contributed by atoms with Crippen molar-refractivity contribution in [2.75, 3.05) is 24.4 Å². The zero-order chi connectivity index (χ0) is 28.4. The van der Waals surface area contributed by atoms with Crippen molar-refractivity contribution in [2.24, 2.45) is 0 Å². The highest BCUT2D eigenvalue weighted by molar-refractivity contribution is 8.93. The number of unbranched alkanes of at least 4 members (excludes halogenated alkanes) is 11. The minimum Gasteiger partial charge on any atom is -0.492 e. The van der Waals surface area contributed by atoms with Crippen molar-refractivity contribution in [3.8, 4) is 11.5 Å². The minimum atomic E-state index is -0.205. The van der Waals surface area contributed by atoms with E-state index in [4.69, 9.17) is 21.1 Å². The Hall–Kier alpha value is -1.83. The monoisotopic (exact) mass is 666 g/mol. The number of carbonyl (C=O) groups is 1. The van der Waals surface area contributed by atoms with E-state index in [1.54, 1.807) is 18.2 Å². The second kappa shape index (κ2) is 21.0. The lowest BCUT2D eigenvalue weighted by Gasteiger charge is -2.18. The van der Waals surface area contributed by atoms with Crippen molar-refractivity contribution in [1.29, 1.82) is 0 Å². The number of hydrogen-bond acceptors (Lipinski definition) is 5. The number of halogens is 2. The Morgan fingerprint density at radius 2 is 1.59 bits per heavy atom. The molecule has 2 aromatic rings. The number of hydrogen-bond donors (Lipinski definition) is 1. The third-order valence-corrected chi connectivity index (χ3v) is 8.35. The number of nitrogens with zero attached hydrogens (tertiary/aromatic N) is 1. The number of benzene rings is 2. The predicted molar refractivity (Wildman–Crippen MR) is 181 cm³/mol. The molecule has 3 rings (SSSR count). The van der Waals surface area contributed by atoms with Crippen LogP contribution in [0, 0.1) is 0 Å². The Labute approximate surface area is 267 Å². The van der Waals surface area contributed by atoms with E-state index in [1.807, 2.05) is 36.0 Å². The van der Waals surface area contributed by atoms with Crippen molar-refractivity contribution < 1.29 is 14.3 Å². The Balaban J connectivity index is 0.00000588. The first kappa shape index (κ1) is 35.4. The van der Waals surface area contributed by atoms with Crippen LogP contribution >= 0.6 is 40.3 Å². The molecule has 2 aromatic carbocycles. The summed E-state index contributed by atoms with van der Waals surface area (Å²) in [7, 11) is 0. The van der Waals surface area contributed by atoms with Crippen molar-refractivity contribution in [1.82, 2.24) is 4.90 Å². The average molecular weight is 668 g/mol. The summed E-state index contributed by atoms with van der Waals surface area (Å²) in [4.78, 5) is 16.2. The van der Waals surface area contributed by atoms with Gasteiger partial charge in [-0.05, 0) is 42.0 Å². The Bertz CT molecular complexity index is 1070. The van der Waals surface area contributed by atoms with Gasteiger partial charge >= 0.3 is 0 Å². The van der Waals surface area contributed by atoms with Crippen molar-refractivity contribution in [3.63, 3.8) is 0 Å². The molecule has 0 bridgehead atoms. The van der Waals surface area contributed by atoms with Gasteiger partial charge in [-0.1, -0.05) is 107 Å². The first-order chi connectivity index (χ1) is 19.5. The van der Waals surface area contributed by atoms with Crippen LogP contribution in [-0.2, 0) is 11.3 Å². The van der Waals surface area contributed by atoms with E-state index in [0.29, 0.717) is 23.1 Å². The van der Waals surface area contributed by atoms with Gasteiger partial charge < -0.3 is 19.7 Å². The molecule has 1 heterocycles. The van der Waals surface area contributed by atoms with E-state index >= 15 is 0 Å². The number of carbonyl (C=O) groups excluding carboxylic acids is 1. The van der Waals surface area contributed by atoms with Gasteiger partial charge in [0, 0.05) is 24.5 Å². The highest BCUT2D eigenvalue weighted by atomic mass is 79.9. The van der Waals surface area contributed by atoms with Crippen LogP contribution in [0.4, 0.5) is 5.69 Å². The molecule has 0 fully saturated rings. The highest BCUT2D eigenvalue weighted by Crippen LogP contribution is 2.30. The lowest BCUT2D eigenvalue weighted by Crippen LogP contribution is -2.22. The molecule has 1 aliphatic heterocycles. The summed E-state index contributed by atoms with van der Waals surface area (Å²) in [6.45, 7) is 5.67. The lowest BCUT2D eigenvalue weighted by molar-refractivity contribution is -0.118. The summed E-state index contributed by atoms with van der Waals surface area (Å²) in [5.74, 6) is 1.88. The number of rotatable bonds is 20. The summed E-state index contributed by atoms with van der Waals surface area (Å²) in [5.41, 5.74) is 1.88. The minimum absolute atomic E-state index is 0. The number of ether oxygens (including phenoxy) is 2. The quantitative estimate of drug-likeness (QED) is 0.142. The summed E-state index contributed by atoms with van der Waals surface area (Å²) in [6, 6.07) is 13.2. The van der Waals surface area contributed by atoms with Crippen LogP contribution in [0.1, 0.15) is 96.5 Å². The molecule has 0 spiro atoms. The predicted octanol–water partition coefficient (Wildman–Crippen LogP) is 10.4. The van der Waals surface area contributed by atoms with Gasteiger partial charge in [0.25, 0.3) is 5.91 Å². The molecule has 1 N–H and O–H groups in total. The summed E-state index contributed by atoms with van der Waals surface area (Å²) in [5, 5.41) is 3.55. The van der Waals surface area contributed by atoms with Crippen LogP contribution in [0.3, 0.4) is 0 Å². The third kappa shape index (κ3) is 14.3. The van der Waals surface area contributed by atoms with E-state index in [9.17, 15) is 4.79 Å². The zero-order valence-corrected chi connectivity index (χ0v) is 28.1. The number of amides is 1. The number of thioether (sulfide) groups is 1. The first-order valence-electron chi connectivity index (χ1n) is 15.0. The van der Waals surface area contributed by atoms with Gasteiger partial charge in [0.15, 0.2) is 6.61 Å². The van der Waals surface area contributed by atoms with Gasteiger partial charge in [-0.25, -0.2) is 0 Å². The van der Waals surface area contributed by atoms with Crippen LogP contribution < -0.4 is 14.8 Å². The second-order valence-electron chi connectivity index (χ2n) is 10.6. The molecule has 0 unspecified atom stereocenters. The lowest BCUT2D eigenvalue weighted by atomic mass is 10.1. The van der Waals surface area contributed by atoms with Gasteiger partial charge in [0.05, 0.1) is 17.5 Å². The van der Waals surface area contributed by atoms with Crippen LogP contribution in [-0.4, -0.2) is 29.9 Å². The van der Waals surface area contributed by atoms with Crippen LogP contribution in [0.25, 0.3) is 0 Å². The van der Waals surface area contributed by atoms with E-state index in [-0.39, 0.29) is 29.5 Å². The van der Waals surface area contributed by atoms with Crippen molar-refractivity contribution in [3.05, 3.63) is 64.2 Å². The molecule has 0 radical (unpaired) electrons. The SMILES string of the molecule is Br.CCCCCCCCCCCCCCOc1cc(OCC(=O)Nc2ccccc2CN2C=C(C)SC2)ccc1Cl. The molecule has 0 atom stereocenters. The molecule has 0 saturated carbocycles. The zero-order valence-electron chi connectivity index (χ0n) is 24.8. The molecule has 8 heteroatoms. The number of anilines is 1. The molecule has 5 nitrogen and oxygen atoms in total. The number of para-hydroxylation sites is 1. The maximum absolute atomic E-state index is 12.7. The Morgan fingerprint density at radius 1 is 0.927 bits per heavy atom. The van der Waals surface area contributed by atoms with Crippen molar-refractivity contribution >= 4 is 51.9 Å². The van der Waals surface area contributed by atoms with E-state index in [0.717, 1.165) is 30.1 Å².